The monoisotopic (exact) mass is 210 g/mol. The molecule has 0 bridgehead atoms. The second kappa shape index (κ2) is 4.77. The lowest BCUT2D eigenvalue weighted by atomic mass is 9.96. The van der Waals surface area contributed by atoms with E-state index >= 15 is 0 Å². The van der Waals surface area contributed by atoms with Crippen LogP contribution in [0, 0.1) is 11.8 Å². The molecule has 0 heterocycles. The maximum Gasteiger partial charge on any atom is 0.310 e. The Morgan fingerprint density at radius 3 is 2.60 bits per heavy atom. The molecule has 15 heavy (non-hydrogen) atoms. The van der Waals surface area contributed by atoms with Gasteiger partial charge in [0.05, 0.1) is 11.8 Å². The van der Waals surface area contributed by atoms with Gasteiger partial charge in [-0.2, -0.15) is 0 Å². The van der Waals surface area contributed by atoms with E-state index in [1.165, 1.54) is 6.08 Å². The molecular weight excluding hydrogens is 196 g/mol. The Morgan fingerprint density at radius 1 is 1.47 bits per heavy atom. The average molecular weight is 210 g/mol. The first-order valence-corrected chi connectivity index (χ1v) is 4.73. The van der Waals surface area contributed by atoms with Gasteiger partial charge in [0.25, 0.3) is 0 Å². The maximum atomic E-state index is 11.5. The first-order valence-electron chi connectivity index (χ1n) is 4.73. The highest BCUT2D eigenvalue weighted by atomic mass is 16.5. The molecule has 0 aliphatic heterocycles. The number of ether oxygens (including phenoxy) is 1. The van der Waals surface area contributed by atoms with Gasteiger partial charge in [-0.05, 0) is 12.8 Å². The fourth-order valence-electron chi connectivity index (χ4n) is 1.74. The SMILES string of the molecule is C=CCOC(=O)C1CC(=C)CC1C(=O)O. The fraction of sp³-hybridized carbons (Fsp3) is 0.455. The number of aliphatic carboxylic acids is 1. The van der Waals surface area contributed by atoms with Crippen molar-refractivity contribution in [2.24, 2.45) is 11.8 Å². The first kappa shape index (κ1) is 11.5. The van der Waals surface area contributed by atoms with E-state index in [0.29, 0.717) is 12.8 Å². The zero-order valence-corrected chi connectivity index (χ0v) is 8.44. The molecule has 1 aliphatic rings. The van der Waals surface area contributed by atoms with Crippen molar-refractivity contribution in [3.8, 4) is 0 Å². The zero-order chi connectivity index (χ0) is 11.4. The summed E-state index contributed by atoms with van der Waals surface area (Å²) in [7, 11) is 0. The van der Waals surface area contributed by atoms with E-state index in [1.54, 1.807) is 0 Å². The molecule has 0 aromatic carbocycles. The minimum atomic E-state index is -0.964. The van der Waals surface area contributed by atoms with Crippen molar-refractivity contribution in [3.05, 3.63) is 24.8 Å². The highest BCUT2D eigenvalue weighted by molar-refractivity contribution is 5.82. The first-order chi connectivity index (χ1) is 7.06. The number of hydrogen-bond donors (Lipinski definition) is 1. The molecular formula is C11H14O4. The molecule has 4 heteroatoms. The van der Waals surface area contributed by atoms with Gasteiger partial charge in [0.15, 0.2) is 0 Å². The van der Waals surface area contributed by atoms with Crippen LogP contribution in [-0.2, 0) is 14.3 Å². The normalized spacial score (nSPS) is 24.9. The number of carboxylic acid groups (broad SMARTS) is 1. The molecule has 1 N–H and O–H groups in total. The molecule has 1 saturated carbocycles. The predicted molar refractivity (Wildman–Crippen MR) is 54.1 cm³/mol. The summed E-state index contributed by atoms with van der Waals surface area (Å²) in [5.74, 6) is -2.71. The Hall–Kier alpha value is -1.58. The van der Waals surface area contributed by atoms with Crippen molar-refractivity contribution in [1.29, 1.82) is 0 Å². The summed E-state index contributed by atoms with van der Waals surface area (Å²) in [6, 6.07) is 0. The van der Waals surface area contributed by atoms with Gasteiger partial charge in [0.1, 0.15) is 6.61 Å². The lowest BCUT2D eigenvalue weighted by Crippen LogP contribution is -2.26. The number of hydrogen-bond acceptors (Lipinski definition) is 3. The van der Waals surface area contributed by atoms with E-state index in [9.17, 15) is 9.59 Å². The third-order valence-electron chi connectivity index (χ3n) is 2.47. The molecule has 2 atom stereocenters. The third kappa shape index (κ3) is 2.68. The largest absolute Gasteiger partial charge is 0.481 e. The Balaban J connectivity index is 2.66. The van der Waals surface area contributed by atoms with E-state index in [2.05, 4.69) is 13.2 Å². The average Bonchev–Trinajstić information content (AvgIpc) is 2.57. The molecule has 82 valence electrons. The quantitative estimate of drug-likeness (QED) is 0.562. The summed E-state index contributed by atoms with van der Waals surface area (Å²) < 4.78 is 4.84. The lowest BCUT2D eigenvalue weighted by Gasteiger charge is -2.13. The second-order valence-electron chi connectivity index (χ2n) is 3.63. The number of carboxylic acids is 1. The van der Waals surface area contributed by atoms with Crippen LogP contribution in [0.4, 0.5) is 0 Å². The van der Waals surface area contributed by atoms with E-state index in [-0.39, 0.29) is 6.61 Å². The van der Waals surface area contributed by atoms with Gasteiger partial charge in [-0.25, -0.2) is 0 Å². The summed E-state index contributed by atoms with van der Waals surface area (Å²) in [6.45, 7) is 7.24. The Kier molecular flexibility index (Phi) is 3.66. The zero-order valence-electron chi connectivity index (χ0n) is 8.44. The van der Waals surface area contributed by atoms with Crippen LogP contribution < -0.4 is 0 Å². The van der Waals surface area contributed by atoms with Crippen LogP contribution in [0.5, 0.6) is 0 Å². The van der Waals surface area contributed by atoms with Gasteiger partial charge in [0, 0.05) is 0 Å². The molecule has 2 unspecified atom stereocenters. The predicted octanol–water partition coefficient (Wildman–Crippen LogP) is 1.38. The van der Waals surface area contributed by atoms with Gasteiger partial charge in [-0.1, -0.05) is 24.8 Å². The van der Waals surface area contributed by atoms with Gasteiger partial charge < -0.3 is 9.84 Å². The summed E-state index contributed by atoms with van der Waals surface area (Å²) in [6.07, 6.45) is 2.23. The molecule has 1 rings (SSSR count). The van der Waals surface area contributed by atoms with E-state index in [0.717, 1.165) is 5.57 Å². The van der Waals surface area contributed by atoms with Crippen molar-refractivity contribution < 1.29 is 19.4 Å². The summed E-state index contributed by atoms with van der Waals surface area (Å²) in [5.41, 5.74) is 0.794. The Labute approximate surface area is 88.2 Å². The van der Waals surface area contributed by atoms with Crippen LogP contribution in [0.15, 0.2) is 24.8 Å². The minimum absolute atomic E-state index is 0.119. The number of esters is 1. The standard InChI is InChI=1S/C11H14O4/c1-3-4-15-11(14)9-6-7(2)5-8(9)10(12)13/h3,8-9H,1-2,4-6H2,(H,12,13). The van der Waals surface area contributed by atoms with Crippen molar-refractivity contribution in [1.82, 2.24) is 0 Å². The number of rotatable bonds is 4. The van der Waals surface area contributed by atoms with E-state index < -0.39 is 23.8 Å². The van der Waals surface area contributed by atoms with Crippen LogP contribution in [0.3, 0.4) is 0 Å². The summed E-state index contributed by atoms with van der Waals surface area (Å²) in [4.78, 5) is 22.4. The topological polar surface area (TPSA) is 63.6 Å². The van der Waals surface area contributed by atoms with Gasteiger partial charge in [-0.15, -0.1) is 0 Å². The van der Waals surface area contributed by atoms with Crippen molar-refractivity contribution in [2.75, 3.05) is 6.61 Å². The summed E-state index contributed by atoms with van der Waals surface area (Å²) >= 11 is 0. The smallest absolute Gasteiger partial charge is 0.310 e. The number of allylic oxidation sites excluding steroid dienone is 1. The molecule has 1 fully saturated rings. The van der Waals surface area contributed by atoms with Crippen molar-refractivity contribution in [3.63, 3.8) is 0 Å². The van der Waals surface area contributed by atoms with Crippen LogP contribution >= 0.6 is 0 Å². The van der Waals surface area contributed by atoms with Crippen LogP contribution in [-0.4, -0.2) is 23.7 Å². The van der Waals surface area contributed by atoms with Crippen molar-refractivity contribution >= 4 is 11.9 Å². The minimum Gasteiger partial charge on any atom is -0.481 e. The number of carbonyl (C=O) groups excluding carboxylic acids is 1. The fourth-order valence-corrected chi connectivity index (χ4v) is 1.74. The Bertz CT molecular complexity index is 306. The van der Waals surface area contributed by atoms with Gasteiger partial charge in [-0.3, -0.25) is 9.59 Å². The van der Waals surface area contributed by atoms with Gasteiger partial charge >= 0.3 is 11.9 Å². The molecule has 0 saturated heterocycles. The summed E-state index contributed by atoms with van der Waals surface area (Å²) in [5, 5.41) is 8.91. The molecule has 0 aromatic heterocycles. The molecule has 0 spiro atoms. The molecule has 0 aromatic rings. The highest BCUT2D eigenvalue weighted by Crippen LogP contribution is 2.35. The van der Waals surface area contributed by atoms with E-state index in [1.807, 2.05) is 0 Å². The van der Waals surface area contributed by atoms with Crippen LogP contribution in [0.2, 0.25) is 0 Å². The van der Waals surface area contributed by atoms with Crippen LogP contribution in [0.1, 0.15) is 12.8 Å². The van der Waals surface area contributed by atoms with Crippen LogP contribution in [0.25, 0.3) is 0 Å². The maximum absolute atomic E-state index is 11.5. The highest BCUT2D eigenvalue weighted by Gasteiger charge is 2.40. The third-order valence-corrected chi connectivity index (χ3v) is 2.47. The molecule has 1 aliphatic carbocycles. The molecule has 0 amide bonds. The van der Waals surface area contributed by atoms with E-state index in [4.69, 9.17) is 9.84 Å². The second-order valence-corrected chi connectivity index (χ2v) is 3.63. The number of carbonyl (C=O) groups is 2. The molecule has 4 nitrogen and oxygen atoms in total. The van der Waals surface area contributed by atoms with Gasteiger partial charge in [0.2, 0.25) is 0 Å². The Morgan fingerprint density at radius 2 is 2.07 bits per heavy atom. The van der Waals surface area contributed by atoms with Crippen molar-refractivity contribution in [2.45, 2.75) is 12.8 Å². The lowest BCUT2D eigenvalue weighted by molar-refractivity contribution is -0.155. The molecule has 0 radical (unpaired) electrons.